The van der Waals surface area contributed by atoms with E-state index < -0.39 is 28.5 Å². The second-order valence-corrected chi connectivity index (χ2v) is 9.79. The number of para-hydroxylation sites is 1. The third-order valence-electron chi connectivity index (χ3n) is 6.59. The van der Waals surface area contributed by atoms with Crippen LogP contribution in [-0.2, 0) is 6.18 Å². The average molecular weight is 637 g/mol. The Bertz CT molecular complexity index is 1970. The summed E-state index contributed by atoms with van der Waals surface area (Å²) in [6.07, 6.45) is -3.43. The number of H-pyrrole nitrogens is 1. The third-order valence-corrected chi connectivity index (χ3v) is 6.92. The number of nitrogens with zero attached hydrogens (tertiary/aromatic N) is 2. The van der Waals surface area contributed by atoms with Crippen LogP contribution in [-0.4, -0.2) is 35.1 Å². The molecule has 45 heavy (non-hydrogen) atoms. The molecule has 1 amide bonds. The number of hydrogen-bond acceptors (Lipinski definition) is 7. The summed E-state index contributed by atoms with van der Waals surface area (Å²) in [5.41, 5.74) is 1.73. The Morgan fingerprint density at radius 2 is 1.73 bits per heavy atom. The first-order valence-electron chi connectivity index (χ1n) is 12.9. The number of esters is 1. The van der Waals surface area contributed by atoms with Crippen molar-refractivity contribution in [3.63, 3.8) is 0 Å². The molecule has 2 N–H and O–H groups in total. The third kappa shape index (κ3) is 6.48. The van der Waals surface area contributed by atoms with E-state index in [0.717, 1.165) is 6.07 Å². The van der Waals surface area contributed by atoms with Crippen LogP contribution in [0.15, 0.2) is 90.0 Å². The zero-order chi connectivity index (χ0) is 32.3. The van der Waals surface area contributed by atoms with E-state index >= 15 is 0 Å². The van der Waals surface area contributed by atoms with Gasteiger partial charge in [0.2, 0.25) is 0 Å². The van der Waals surface area contributed by atoms with Gasteiger partial charge in [-0.2, -0.15) is 18.3 Å². The fraction of sp³-hybridized carbons (Fsp3) is 0.0645. The summed E-state index contributed by atoms with van der Waals surface area (Å²) in [4.78, 5) is 38.6. The lowest BCUT2D eigenvalue weighted by Crippen LogP contribution is -2.19. The number of rotatable bonds is 8. The molecule has 5 rings (SSSR count). The van der Waals surface area contributed by atoms with Crippen LogP contribution < -0.4 is 14.9 Å². The molecule has 0 fully saturated rings. The van der Waals surface area contributed by atoms with Gasteiger partial charge in [-0.15, -0.1) is 0 Å². The lowest BCUT2D eigenvalue weighted by molar-refractivity contribution is -0.384. The van der Waals surface area contributed by atoms with Crippen LogP contribution in [0.1, 0.15) is 32.0 Å². The summed E-state index contributed by atoms with van der Waals surface area (Å²) in [7, 11) is 1.34. The zero-order valence-electron chi connectivity index (χ0n) is 23.0. The summed E-state index contributed by atoms with van der Waals surface area (Å²) in [5.74, 6) is -1.42. The normalized spacial score (nSPS) is 11.5. The molecular weight excluding hydrogens is 617 g/mol. The number of halogens is 4. The number of non-ortho nitro benzene ring substituents is 1. The number of amides is 1. The molecule has 14 heteroatoms. The Labute approximate surface area is 257 Å². The summed E-state index contributed by atoms with van der Waals surface area (Å²) < 4.78 is 52.0. The second-order valence-electron chi connectivity index (χ2n) is 9.38. The van der Waals surface area contributed by atoms with Gasteiger partial charge in [-0.05, 0) is 48.0 Å². The van der Waals surface area contributed by atoms with E-state index in [9.17, 15) is 32.9 Å². The fourth-order valence-electron chi connectivity index (χ4n) is 4.52. The van der Waals surface area contributed by atoms with Gasteiger partial charge in [-0.1, -0.05) is 41.9 Å². The number of nitrogens with one attached hydrogen (secondary N) is 2. The van der Waals surface area contributed by atoms with Crippen LogP contribution in [0.3, 0.4) is 0 Å². The van der Waals surface area contributed by atoms with Crippen molar-refractivity contribution in [2.45, 2.75) is 6.18 Å². The Morgan fingerprint density at radius 3 is 2.40 bits per heavy atom. The molecule has 4 aromatic carbocycles. The first kappa shape index (κ1) is 30.8. The number of carbonyl (C=O) groups is 2. The highest BCUT2D eigenvalue weighted by Gasteiger charge is 2.35. The first-order valence-corrected chi connectivity index (χ1v) is 13.3. The van der Waals surface area contributed by atoms with Gasteiger partial charge in [-0.25, -0.2) is 10.2 Å². The van der Waals surface area contributed by atoms with Crippen molar-refractivity contribution in [1.29, 1.82) is 0 Å². The number of aromatic amines is 1. The van der Waals surface area contributed by atoms with Gasteiger partial charge in [0.25, 0.3) is 11.6 Å². The number of aromatic nitrogens is 1. The summed E-state index contributed by atoms with van der Waals surface area (Å²) in [6, 6.07) is 19.3. The Kier molecular flexibility index (Phi) is 8.55. The van der Waals surface area contributed by atoms with Crippen molar-refractivity contribution < 1.29 is 37.2 Å². The number of carbonyl (C=O) groups excluding carboxylic acids is 2. The number of hydrogen-bond donors (Lipinski definition) is 2. The first-order chi connectivity index (χ1) is 21.5. The van der Waals surface area contributed by atoms with Crippen LogP contribution in [0, 0.1) is 10.1 Å². The number of alkyl halides is 3. The summed E-state index contributed by atoms with van der Waals surface area (Å²) in [5, 5.41) is 15.2. The molecule has 1 aromatic heterocycles. The highest BCUT2D eigenvalue weighted by molar-refractivity contribution is 6.34. The van der Waals surface area contributed by atoms with E-state index in [2.05, 4.69) is 15.5 Å². The maximum absolute atomic E-state index is 13.8. The van der Waals surface area contributed by atoms with Gasteiger partial charge >= 0.3 is 12.1 Å². The second kappa shape index (κ2) is 12.5. The van der Waals surface area contributed by atoms with Crippen molar-refractivity contribution in [2.75, 3.05) is 7.11 Å². The number of nitro groups is 1. The van der Waals surface area contributed by atoms with Gasteiger partial charge in [-0.3, -0.25) is 14.9 Å². The number of benzene rings is 4. The van der Waals surface area contributed by atoms with Crippen LogP contribution >= 0.6 is 11.6 Å². The van der Waals surface area contributed by atoms with E-state index in [-0.39, 0.29) is 49.9 Å². The van der Waals surface area contributed by atoms with E-state index in [4.69, 9.17) is 21.1 Å². The predicted molar refractivity (Wildman–Crippen MR) is 160 cm³/mol. The summed E-state index contributed by atoms with van der Waals surface area (Å²) in [6.45, 7) is 0. The van der Waals surface area contributed by atoms with Crippen molar-refractivity contribution in [1.82, 2.24) is 10.4 Å². The maximum atomic E-state index is 13.8. The molecule has 0 bridgehead atoms. The van der Waals surface area contributed by atoms with E-state index in [1.807, 2.05) is 0 Å². The molecule has 0 aliphatic carbocycles. The molecule has 0 aliphatic rings. The summed E-state index contributed by atoms with van der Waals surface area (Å²) >= 11 is 6.37. The highest BCUT2D eigenvalue weighted by Crippen LogP contribution is 2.41. The predicted octanol–water partition coefficient (Wildman–Crippen LogP) is 7.41. The SMILES string of the molecule is COc1cc(C=NNC(=O)c2[nH]c3c(C(F)(F)F)cccc3c2-c2ccccc2Cl)ccc1OC(=O)c1ccc([N+](=O)[O-])cc1. The smallest absolute Gasteiger partial charge is 0.418 e. The zero-order valence-corrected chi connectivity index (χ0v) is 23.8. The van der Waals surface area contributed by atoms with Gasteiger partial charge in [0, 0.05) is 33.7 Å². The van der Waals surface area contributed by atoms with E-state index in [1.165, 1.54) is 67.9 Å². The van der Waals surface area contributed by atoms with Gasteiger partial charge in [0.1, 0.15) is 5.69 Å². The van der Waals surface area contributed by atoms with Gasteiger partial charge in [0.05, 0.1) is 34.9 Å². The average Bonchev–Trinajstić information content (AvgIpc) is 3.41. The van der Waals surface area contributed by atoms with Crippen LogP contribution in [0.25, 0.3) is 22.0 Å². The van der Waals surface area contributed by atoms with E-state index in [0.29, 0.717) is 11.1 Å². The molecular formula is C31H20ClF3N4O6. The number of methoxy groups -OCH3 is 1. The lowest BCUT2D eigenvalue weighted by atomic mass is 10.00. The van der Waals surface area contributed by atoms with Gasteiger partial charge < -0.3 is 14.5 Å². The Morgan fingerprint density at radius 1 is 1.00 bits per heavy atom. The van der Waals surface area contributed by atoms with Crippen LogP contribution in [0.5, 0.6) is 11.5 Å². The van der Waals surface area contributed by atoms with Crippen molar-refractivity contribution in [3.05, 3.63) is 122 Å². The topological polar surface area (TPSA) is 136 Å². The molecule has 228 valence electrons. The quantitative estimate of drug-likeness (QED) is 0.0599. The Balaban J connectivity index is 1.39. The molecule has 5 aromatic rings. The van der Waals surface area contributed by atoms with Crippen molar-refractivity contribution in [2.24, 2.45) is 5.10 Å². The van der Waals surface area contributed by atoms with E-state index in [1.54, 1.807) is 24.3 Å². The Hall–Kier alpha value is -5.69. The fourth-order valence-corrected chi connectivity index (χ4v) is 4.75. The van der Waals surface area contributed by atoms with Crippen LogP contribution in [0.2, 0.25) is 5.02 Å². The number of nitro benzene ring substituents is 1. The monoisotopic (exact) mass is 636 g/mol. The lowest BCUT2D eigenvalue weighted by Gasteiger charge is -2.10. The maximum Gasteiger partial charge on any atom is 0.418 e. The van der Waals surface area contributed by atoms with Gasteiger partial charge in [0.15, 0.2) is 11.5 Å². The molecule has 0 unspecified atom stereocenters. The molecule has 0 saturated heterocycles. The molecule has 0 radical (unpaired) electrons. The molecule has 0 aliphatic heterocycles. The standard InChI is InChI=1S/C31H20ClF3N4O6/c1-44-25-15-17(9-14-24(25)45-30(41)18-10-12-19(13-11-18)39(42)43)16-36-38-29(40)28-26(20-5-2-3-8-23(20)32)21-6-4-7-22(27(21)37-28)31(33,34)35/h2-16,37H,1H3,(H,38,40). The van der Waals surface area contributed by atoms with Crippen molar-refractivity contribution in [3.8, 4) is 22.6 Å². The molecule has 0 atom stereocenters. The minimum absolute atomic E-state index is 0.0463. The molecule has 0 spiro atoms. The number of fused-ring (bicyclic) bond motifs is 1. The minimum Gasteiger partial charge on any atom is -0.493 e. The molecule has 1 heterocycles. The molecule has 0 saturated carbocycles. The minimum atomic E-state index is -4.69. The number of ether oxygens (including phenoxy) is 2. The van der Waals surface area contributed by atoms with Crippen molar-refractivity contribution >= 4 is 46.3 Å². The molecule has 10 nitrogen and oxygen atoms in total. The highest BCUT2D eigenvalue weighted by atomic mass is 35.5. The van der Waals surface area contributed by atoms with Crippen LogP contribution in [0.4, 0.5) is 18.9 Å². The largest absolute Gasteiger partial charge is 0.493 e. The number of hydrazone groups is 1.